The van der Waals surface area contributed by atoms with Crippen LogP contribution in [0.15, 0.2) is 30.3 Å². The number of rotatable bonds is 13. The van der Waals surface area contributed by atoms with E-state index < -0.39 is 6.04 Å². The first-order valence-electron chi connectivity index (χ1n) is 10.2. The maximum absolute atomic E-state index is 12.5. The van der Waals surface area contributed by atoms with E-state index >= 15 is 0 Å². The molecule has 0 aliphatic carbocycles. The molecule has 1 unspecified atom stereocenters. The van der Waals surface area contributed by atoms with Crippen molar-refractivity contribution in [1.29, 1.82) is 0 Å². The third-order valence-corrected chi connectivity index (χ3v) is 4.59. The van der Waals surface area contributed by atoms with Gasteiger partial charge in [-0.3, -0.25) is 14.4 Å². The van der Waals surface area contributed by atoms with Gasteiger partial charge in [-0.05, 0) is 18.4 Å². The van der Waals surface area contributed by atoms with Crippen molar-refractivity contribution in [3.8, 4) is 0 Å². The lowest BCUT2D eigenvalue weighted by molar-refractivity contribution is -0.134. The standard InChI is InChI=1S/C22H35N3O3/c1-4-5-6-7-11-14-20(26)24-19(17-21(27)25(2)3)22(28)23-16-15-18-12-9-8-10-13-18/h8-10,12-13,19H,4-7,11,14-17H2,1-3H3,(H,23,28)(H,24,26). The lowest BCUT2D eigenvalue weighted by Crippen LogP contribution is -2.49. The quantitative estimate of drug-likeness (QED) is 0.509. The van der Waals surface area contributed by atoms with Gasteiger partial charge in [-0.25, -0.2) is 0 Å². The minimum Gasteiger partial charge on any atom is -0.354 e. The smallest absolute Gasteiger partial charge is 0.243 e. The zero-order valence-electron chi connectivity index (χ0n) is 17.5. The van der Waals surface area contributed by atoms with E-state index in [4.69, 9.17) is 0 Å². The van der Waals surface area contributed by atoms with Gasteiger partial charge in [-0.2, -0.15) is 0 Å². The van der Waals surface area contributed by atoms with Gasteiger partial charge in [-0.1, -0.05) is 62.9 Å². The van der Waals surface area contributed by atoms with Crippen molar-refractivity contribution in [2.45, 2.75) is 64.3 Å². The molecule has 1 aromatic rings. The molecule has 0 saturated carbocycles. The lowest BCUT2D eigenvalue weighted by atomic mass is 10.1. The SMILES string of the molecule is CCCCCCCC(=O)NC(CC(=O)N(C)C)C(=O)NCCc1ccccc1. The zero-order chi connectivity index (χ0) is 20.8. The van der Waals surface area contributed by atoms with Crippen LogP contribution in [0.25, 0.3) is 0 Å². The number of hydrogen-bond donors (Lipinski definition) is 2. The van der Waals surface area contributed by atoms with Gasteiger partial charge < -0.3 is 15.5 Å². The van der Waals surface area contributed by atoms with Crippen LogP contribution in [-0.4, -0.2) is 49.3 Å². The molecule has 0 heterocycles. The molecule has 0 aliphatic rings. The average Bonchev–Trinajstić information content (AvgIpc) is 2.67. The van der Waals surface area contributed by atoms with Crippen LogP contribution in [0.2, 0.25) is 0 Å². The van der Waals surface area contributed by atoms with E-state index in [0.717, 1.165) is 31.2 Å². The number of benzene rings is 1. The maximum Gasteiger partial charge on any atom is 0.243 e. The fourth-order valence-electron chi connectivity index (χ4n) is 2.82. The normalized spacial score (nSPS) is 11.5. The molecule has 1 aromatic carbocycles. The number of nitrogens with one attached hydrogen (secondary N) is 2. The van der Waals surface area contributed by atoms with Crippen LogP contribution in [0.5, 0.6) is 0 Å². The summed E-state index contributed by atoms with van der Waals surface area (Å²) in [5.41, 5.74) is 1.12. The lowest BCUT2D eigenvalue weighted by Gasteiger charge is -2.20. The van der Waals surface area contributed by atoms with Crippen molar-refractivity contribution in [3.05, 3.63) is 35.9 Å². The van der Waals surface area contributed by atoms with Crippen LogP contribution >= 0.6 is 0 Å². The fraction of sp³-hybridized carbons (Fsp3) is 0.591. The Hall–Kier alpha value is -2.37. The zero-order valence-corrected chi connectivity index (χ0v) is 17.5. The van der Waals surface area contributed by atoms with Crippen molar-refractivity contribution in [2.75, 3.05) is 20.6 Å². The molecule has 0 aromatic heterocycles. The fourth-order valence-corrected chi connectivity index (χ4v) is 2.82. The van der Waals surface area contributed by atoms with Gasteiger partial charge >= 0.3 is 0 Å². The minimum atomic E-state index is -0.839. The van der Waals surface area contributed by atoms with Gasteiger partial charge in [0.25, 0.3) is 0 Å². The molecule has 28 heavy (non-hydrogen) atoms. The van der Waals surface area contributed by atoms with E-state index in [9.17, 15) is 14.4 Å². The van der Waals surface area contributed by atoms with Gasteiger partial charge in [0.2, 0.25) is 17.7 Å². The summed E-state index contributed by atoms with van der Waals surface area (Å²) in [5, 5.41) is 5.58. The molecule has 0 bridgehead atoms. The molecule has 1 rings (SSSR count). The van der Waals surface area contributed by atoms with E-state index in [1.807, 2.05) is 30.3 Å². The molecule has 0 fully saturated rings. The van der Waals surface area contributed by atoms with Crippen molar-refractivity contribution < 1.29 is 14.4 Å². The van der Waals surface area contributed by atoms with Gasteiger partial charge in [0.05, 0.1) is 6.42 Å². The monoisotopic (exact) mass is 389 g/mol. The summed E-state index contributed by atoms with van der Waals surface area (Å²) in [6.45, 7) is 2.61. The van der Waals surface area contributed by atoms with Gasteiger partial charge in [-0.15, -0.1) is 0 Å². The first kappa shape index (κ1) is 23.7. The van der Waals surface area contributed by atoms with Crippen LogP contribution in [0.3, 0.4) is 0 Å². The van der Waals surface area contributed by atoms with Crippen LogP contribution in [0, 0.1) is 0 Å². The maximum atomic E-state index is 12.5. The first-order chi connectivity index (χ1) is 13.4. The first-order valence-corrected chi connectivity index (χ1v) is 10.2. The third-order valence-electron chi connectivity index (χ3n) is 4.59. The third kappa shape index (κ3) is 10.1. The summed E-state index contributed by atoms with van der Waals surface area (Å²) in [5.74, 6) is -0.678. The number of unbranched alkanes of at least 4 members (excludes halogenated alkanes) is 4. The molecule has 6 heteroatoms. The highest BCUT2D eigenvalue weighted by Crippen LogP contribution is 2.06. The molecule has 3 amide bonds. The summed E-state index contributed by atoms with van der Waals surface area (Å²) in [6, 6.07) is 9.02. The summed E-state index contributed by atoms with van der Waals surface area (Å²) >= 11 is 0. The minimum absolute atomic E-state index is 0.0360. The van der Waals surface area contributed by atoms with Gasteiger partial charge in [0, 0.05) is 27.1 Å². The number of nitrogens with zero attached hydrogens (tertiary/aromatic N) is 1. The van der Waals surface area contributed by atoms with Crippen LogP contribution < -0.4 is 10.6 Å². The van der Waals surface area contributed by atoms with Gasteiger partial charge in [0.1, 0.15) is 6.04 Å². The topological polar surface area (TPSA) is 78.5 Å². The van der Waals surface area contributed by atoms with Crippen molar-refractivity contribution in [2.24, 2.45) is 0 Å². The Labute approximate surface area is 169 Å². The second-order valence-corrected chi connectivity index (χ2v) is 7.30. The average molecular weight is 390 g/mol. The second-order valence-electron chi connectivity index (χ2n) is 7.30. The Balaban J connectivity index is 2.51. The van der Waals surface area contributed by atoms with E-state index in [0.29, 0.717) is 19.4 Å². The van der Waals surface area contributed by atoms with Gasteiger partial charge in [0.15, 0.2) is 0 Å². The molecule has 0 saturated heterocycles. The van der Waals surface area contributed by atoms with E-state index in [-0.39, 0.29) is 24.1 Å². The van der Waals surface area contributed by atoms with Crippen LogP contribution in [0.4, 0.5) is 0 Å². The number of hydrogen-bond acceptors (Lipinski definition) is 3. The number of amides is 3. The molecule has 0 spiro atoms. The molecule has 0 radical (unpaired) electrons. The van der Waals surface area contributed by atoms with Crippen LogP contribution in [-0.2, 0) is 20.8 Å². The van der Waals surface area contributed by atoms with E-state index in [1.165, 1.54) is 11.3 Å². The summed E-state index contributed by atoms with van der Waals surface area (Å²) < 4.78 is 0. The molecule has 6 nitrogen and oxygen atoms in total. The largest absolute Gasteiger partial charge is 0.354 e. The number of carbonyl (C=O) groups is 3. The predicted octanol–water partition coefficient (Wildman–Crippen LogP) is 2.67. The Morgan fingerprint density at radius 1 is 1.00 bits per heavy atom. The Morgan fingerprint density at radius 3 is 2.32 bits per heavy atom. The predicted molar refractivity (Wildman–Crippen MR) is 112 cm³/mol. The Bertz CT molecular complexity index is 602. The molecule has 156 valence electrons. The highest BCUT2D eigenvalue weighted by atomic mass is 16.2. The van der Waals surface area contributed by atoms with Crippen molar-refractivity contribution in [1.82, 2.24) is 15.5 Å². The Kier molecular flexibility index (Phi) is 11.6. The molecule has 1 atom stereocenters. The van der Waals surface area contributed by atoms with E-state index in [2.05, 4.69) is 17.6 Å². The summed E-state index contributed by atoms with van der Waals surface area (Å²) in [7, 11) is 3.28. The molecule has 0 aliphatic heterocycles. The second kappa shape index (κ2) is 13.7. The van der Waals surface area contributed by atoms with E-state index in [1.54, 1.807) is 14.1 Å². The highest BCUT2D eigenvalue weighted by Gasteiger charge is 2.24. The van der Waals surface area contributed by atoms with Crippen molar-refractivity contribution >= 4 is 17.7 Å². The number of carbonyl (C=O) groups excluding carboxylic acids is 3. The molecule has 2 N–H and O–H groups in total. The highest BCUT2D eigenvalue weighted by molar-refractivity contribution is 5.91. The Morgan fingerprint density at radius 2 is 1.68 bits per heavy atom. The molecular formula is C22H35N3O3. The molecular weight excluding hydrogens is 354 g/mol. The summed E-state index contributed by atoms with van der Waals surface area (Å²) in [6.07, 6.45) is 6.30. The van der Waals surface area contributed by atoms with Crippen molar-refractivity contribution in [3.63, 3.8) is 0 Å². The van der Waals surface area contributed by atoms with Crippen LogP contribution in [0.1, 0.15) is 57.4 Å². The summed E-state index contributed by atoms with van der Waals surface area (Å²) in [4.78, 5) is 38.3.